The summed E-state index contributed by atoms with van der Waals surface area (Å²) >= 11 is 0. The number of hydrogen-bond acceptors (Lipinski definition) is 4. The number of rotatable bonds is 6. The SMILES string of the molecule is CC(C)(C)c1ccc2[nH]c3ccc(C(C)(C)C)cc3c2c1.CC(C)(C)c1ccc2c(c1)c1cc(C(C)(C)C)ccc1n2-c1c(C#N)c(-n2c3ccc(C(C)(C)C)cc3c3cc(C(C)(C)C)ccc32)c(-n2c3ccc(C(C)(C)C)cc3c3cc(C(C)(C)C)ccc32)c(-c2cccnc2)c1-n1c2ccc(C(C)(C)C)cc2c2cc(C(C)(C)C)ccc21.N#Cc1c(F)c(F)c(-c2cccnc2)c(F)c1F. The van der Waals surface area contributed by atoms with Crippen LogP contribution in [0, 0.1) is 45.9 Å². The minimum atomic E-state index is -1.71. The smallest absolute Gasteiger partial charge is 0.180 e. The van der Waals surface area contributed by atoms with Crippen LogP contribution in [0.3, 0.4) is 0 Å². The third kappa shape index (κ3) is 16.9. The molecular formula is C124H129F4N9. The van der Waals surface area contributed by atoms with Crippen LogP contribution in [0.2, 0.25) is 0 Å². The second-order valence-corrected chi connectivity index (χ2v) is 48.2. The molecular weight excluding hydrogens is 1690 g/mol. The summed E-state index contributed by atoms with van der Waals surface area (Å²) in [6, 6.07) is 82.0. The van der Waals surface area contributed by atoms with Gasteiger partial charge in [0.05, 0.1) is 72.4 Å². The van der Waals surface area contributed by atoms with E-state index in [9.17, 15) is 22.8 Å². The van der Waals surface area contributed by atoms with E-state index in [-0.39, 0.29) is 59.7 Å². The third-order valence-electron chi connectivity index (χ3n) is 28.0. The summed E-state index contributed by atoms with van der Waals surface area (Å²) in [6.45, 7) is 69.2. The minimum Gasteiger partial charge on any atom is -0.355 e. The fourth-order valence-corrected chi connectivity index (χ4v) is 19.6. The van der Waals surface area contributed by atoms with Crippen molar-refractivity contribution >= 4 is 109 Å². The fraction of sp³-hybridized carbons (Fsp3) is 0.323. The molecule has 137 heavy (non-hydrogen) atoms. The van der Waals surface area contributed by atoms with Crippen molar-refractivity contribution < 1.29 is 17.6 Å². The number of benzene rings is 12. The Morgan fingerprint density at radius 2 is 0.431 bits per heavy atom. The van der Waals surface area contributed by atoms with E-state index in [1.807, 2.05) is 6.20 Å². The highest BCUT2D eigenvalue weighted by Gasteiger charge is 2.39. The van der Waals surface area contributed by atoms with E-state index >= 15 is 0 Å². The van der Waals surface area contributed by atoms with Crippen molar-refractivity contribution in [1.82, 2.24) is 33.2 Å². The van der Waals surface area contributed by atoms with Gasteiger partial charge in [0.2, 0.25) is 0 Å². The zero-order valence-corrected chi connectivity index (χ0v) is 85.5. The van der Waals surface area contributed by atoms with Gasteiger partial charge in [-0.05, 0) is 243 Å². The first-order valence-electron chi connectivity index (χ1n) is 48.0. The number of nitrogens with one attached hydrogen (secondary N) is 1. The van der Waals surface area contributed by atoms with Crippen molar-refractivity contribution in [2.45, 2.75) is 262 Å². The first-order chi connectivity index (χ1) is 63.9. The molecule has 1 N–H and O–H groups in total. The van der Waals surface area contributed by atoms with Crippen LogP contribution in [0.1, 0.15) is 274 Å². The van der Waals surface area contributed by atoms with Gasteiger partial charge in [-0.15, -0.1) is 0 Å². The van der Waals surface area contributed by atoms with E-state index in [2.05, 4.69) is 442 Å². The zero-order valence-electron chi connectivity index (χ0n) is 85.5. The highest BCUT2D eigenvalue weighted by molar-refractivity contribution is 6.18. The van der Waals surface area contributed by atoms with E-state index in [1.165, 1.54) is 95.8 Å². The predicted octanol–water partition coefficient (Wildman–Crippen LogP) is 34.5. The van der Waals surface area contributed by atoms with Crippen molar-refractivity contribution in [3.05, 3.63) is 321 Å². The molecule has 0 saturated heterocycles. The quantitative estimate of drug-likeness (QED) is 0.132. The molecule has 9 nitrogen and oxygen atoms in total. The summed E-state index contributed by atoms with van der Waals surface area (Å²) in [5.41, 5.74) is 26.1. The van der Waals surface area contributed by atoms with Crippen LogP contribution in [0.5, 0.6) is 0 Å². The van der Waals surface area contributed by atoms with Crippen LogP contribution in [0.4, 0.5) is 17.6 Å². The molecule has 19 rings (SSSR count). The van der Waals surface area contributed by atoms with Crippen molar-refractivity contribution in [2.24, 2.45) is 0 Å². The van der Waals surface area contributed by atoms with Crippen LogP contribution in [-0.4, -0.2) is 33.2 Å². The molecule has 0 bridgehead atoms. The van der Waals surface area contributed by atoms with Gasteiger partial charge < -0.3 is 23.3 Å². The lowest BCUT2D eigenvalue weighted by atomic mass is 9.85. The van der Waals surface area contributed by atoms with Gasteiger partial charge in [-0.25, -0.2) is 17.6 Å². The molecule has 698 valence electrons. The molecule has 0 spiro atoms. The number of nitrogens with zero attached hydrogens (tertiary/aromatic N) is 8. The van der Waals surface area contributed by atoms with Gasteiger partial charge in [-0.1, -0.05) is 281 Å². The molecule has 0 atom stereocenters. The molecule has 0 radical (unpaired) electrons. The average Bonchev–Trinajstić information content (AvgIpc) is 1.27. The van der Waals surface area contributed by atoms with E-state index in [4.69, 9.17) is 10.2 Å². The van der Waals surface area contributed by atoms with Crippen molar-refractivity contribution in [1.29, 1.82) is 10.5 Å². The molecule has 13 heteroatoms. The monoisotopic (exact) mass is 1820 g/mol. The topological polar surface area (TPSA) is 109 Å². The highest BCUT2D eigenvalue weighted by Crippen LogP contribution is 2.55. The van der Waals surface area contributed by atoms with Crippen LogP contribution in [0.25, 0.3) is 154 Å². The van der Waals surface area contributed by atoms with E-state index in [0.717, 1.165) is 133 Å². The predicted molar refractivity (Wildman–Crippen MR) is 569 cm³/mol. The molecule has 0 amide bonds. The largest absolute Gasteiger partial charge is 0.355 e. The van der Waals surface area contributed by atoms with Gasteiger partial charge in [-0.2, -0.15) is 10.5 Å². The molecule has 19 aromatic rings. The maximum absolute atomic E-state index is 13.6. The summed E-state index contributed by atoms with van der Waals surface area (Å²) in [7, 11) is 0. The van der Waals surface area contributed by atoms with Crippen LogP contribution in [-0.2, 0) is 54.1 Å². The van der Waals surface area contributed by atoms with Gasteiger partial charge in [0.25, 0.3) is 0 Å². The lowest BCUT2D eigenvalue weighted by Crippen LogP contribution is -2.17. The van der Waals surface area contributed by atoms with Crippen molar-refractivity contribution in [3.8, 4) is 57.1 Å². The number of nitriles is 2. The van der Waals surface area contributed by atoms with Crippen LogP contribution >= 0.6 is 0 Å². The molecule has 12 aromatic carbocycles. The number of pyridine rings is 2. The maximum Gasteiger partial charge on any atom is 0.180 e. The molecule has 0 saturated carbocycles. The molecule has 0 aliphatic carbocycles. The summed E-state index contributed by atoms with van der Waals surface area (Å²) in [4.78, 5) is 12.3. The van der Waals surface area contributed by atoms with E-state index < -0.39 is 34.4 Å². The lowest BCUT2D eigenvalue weighted by molar-refractivity contribution is 0.454. The zero-order chi connectivity index (χ0) is 99.1. The molecule has 0 aliphatic rings. The number of fused-ring (bicyclic) bond motifs is 15. The Morgan fingerprint density at radius 1 is 0.234 bits per heavy atom. The molecule has 0 aliphatic heterocycles. The Bertz CT molecular complexity index is 7510. The summed E-state index contributed by atoms with van der Waals surface area (Å²) < 4.78 is 64.1. The average molecular weight is 1820 g/mol. The number of hydrogen-bond donors (Lipinski definition) is 1. The Morgan fingerprint density at radius 3 is 0.628 bits per heavy atom. The standard InChI is InChI=1S/C92H100N6.C20H25N.C12H4F4N2/c1-85(2,3)55-27-35-72-63(44-55)64-45-56(86(4,5)6)28-36-73(64)95(72)81-71(52-93)82(96-74-37-29-57(87(7,8)9)46-65(74)66-47-58(88(10,11)12)30-38-75(66)96)84(98-78-41-33-61(91(19,20)21)50-69(78)70-51-62(92(22,23)24)34-42-79(70)98)80(54-26-25-43-94-53-54)83(81)97-76-39-31-59(89(13,14)15)48-67(76)68-49-60(90(16,17)18)32-40-77(68)97;1-19(2,3)13-7-9-17-15(11-13)16-12-14(20(4,5)6)8-10-18(16)21-17;13-9-7(4-17)10(14)12(16)8(11(9)15)6-2-1-3-18-5-6/h25-51,53H,1-24H3;7-12,21H,1-6H3;1-3,5H. The van der Waals surface area contributed by atoms with Gasteiger partial charge in [0, 0.05) is 106 Å². The number of H-pyrrole nitrogens is 1. The number of halogens is 4. The van der Waals surface area contributed by atoms with Crippen LogP contribution < -0.4 is 0 Å². The number of aromatic nitrogens is 7. The second-order valence-electron chi connectivity index (χ2n) is 48.2. The molecule has 0 unspecified atom stereocenters. The lowest BCUT2D eigenvalue weighted by Gasteiger charge is -2.29. The first-order valence-corrected chi connectivity index (χ1v) is 48.0. The summed E-state index contributed by atoms with van der Waals surface area (Å²) in [5.74, 6) is -6.65. The number of aromatic amines is 1. The van der Waals surface area contributed by atoms with Gasteiger partial charge in [-0.3, -0.25) is 9.97 Å². The van der Waals surface area contributed by atoms with Crippen molar-refractivity contribution in [2.75, 3.05) is 0 Å². The van der Waals surface area contributed by atoms with Gasteiger partial charge in [0.15, 0.2) is 23.3 Å². The van der Waals surface area contributed by atoms with Crippen LogP contribution in [0.15, 0.2) is 231 Å². The first kappa shape index (κ1) is 95.4. The summed E-state index contributed by atoms with van der Waals surface area (Å²) in [5, 5.41) is 33.9. The van der Waals surface area contributed by atoms with Gasteiger partial charge in [0.1, 0.15) is 23.3 Å². The molecule has 7 aromatic heterocycles. The van der Waals surface area contributed by atoms with Crippen molar-refractivity contribution in [3.63, 3.8) is 0 Å². The molecule has 0 fully saturated rings. The summed E-state index contributed by atoms with van der Waals surface area (Å²) in [6.07, 6.45) is 6.38. The second kappa shape index (κ2) is 33.2. The maximum atomic E-state index is 13.6. The minimum absolute atomic E-state index is 0.116. The fourth-order valence-electron chi connectivity index (χ4n) is 19.6. The third-order valence-corrected chi connectivity index (χ3v) is 28.0. The Labute approximate surface area is 805 Å². The Kier molecular flexibility index (Phi) is 23.1. The Hall–Kier alpha value is -13.4. The van der Waals surface area contributed by atoms with E-state index in [0.29, 0.717) is 5.56 Å². The van der Waals surface area contributed by atoms with E-state index in [1.54, 1.807) is 0 Å². The molecule has 7 heterocycles. The highest BCUT2D eigenvalue weighted by atomic mass is 19.2. The Balaban J connectivity index is 0.000000272. The normalized spacial score (nSPS) is 13.0. The van der Waals surface area contributed by atoms with Gasteiger partial charge >= 0.3 is 0 Å².